The van der Waals surface area contributed by atoms with E-state index in [0.29, 0.717) is 18.8 Å². The standard InChI is InChI=1S/C18H22N2O3/c1-2-23-17-10-8-16(9-11-17)19-18(22)20(12-13-21)14-15-6-4-3-5-7-15/h3-11,21H,2,12-14H2,1H3,(H,19,22). The lowest BCUT2D eigenvalue weighted by atomic mass is 10.2. The zero-order valence-electron chi connectivity index (χ0n) is 13.2. The SMILES string of the molecule is CCOc1ccc(NC(=O)N(CCO)Cc2ccccc2)cc1. The van der Waals surface area contributed by atoms with Crippen molar-refractivity contribution in [1.82, 2.24) is 4.90 Å². The van der Waals surface area contributed by atoms with Crippen LogP contribution < -0.4 is 10.1 Å². The van der Waals surface area contributed by atoms with Crippen molar-refractivity contribution in [3.8, 4) is 5.75 Å². The van der Waals surface area contributed by atoms with Crippen molar-refractivity contribution in [2.24, 2.45) is 0 Å². The summed E-state index contributed by atoms with van der Waals surface area (Å²) in [6, 6.07) is 16.7. The molecular formula is C18H22N2O3. The summed E-state index contributed by atoms with van der Waals surface area (Å²) >= 11 is 0. The second-order valence-corrected chi connectivity index (χ2v) is 5.02. The van der Waals surface area contributed by atoms with Gasteiger partial charge < -0.3 is 20.1 Å². The monoisotopic (exact) mass is 314 g/mol. The van der Waals surface area contributed by atoms with E-state index >= 15 is 0 Å². The molecule has 0 saturated heterocycles. The average Bonchev–Trinajstić information content (AvgIpc) is 2.57. The van der Waals surface area contributed by atoms with Gasteiger partial charge >= 0.3 is 6.03 Å². The molecule has 0 bridgehead atoms. The number of nitrogens with zero attached hydrogens (tertiary/aromatic N) is 1. The van der Waals surface area contributed by atoms with Gasteiger partial charge in [-0.2, -0.15) is 0 Å². The van der Waals surface area contributed by atoms with Gasteiger partial charge in [0.15, 0.2) is 0 Å². The van der Waals surface area contributed by atoms with Gasteiger partial charge in [-0.1, -0.05) is 30.3 Å². The zero-order valence-corrected chi connectivity index (χ0v) is 13.2. The average molecular weight is 314 g/mol. The highest BCUT2D eigenvalue weighted by molar-refractivity contribution is 5.89. The minimum atomic E-state index is -0.243. The van der Waals surface area contributed by atoms with Crippen LogP contribution in [0.25, 0.3) is 0 Å². The number of benzene rings is 2. The van der Waals surface area contributed by atoms with E-state index in [-0.39, 0.29) is 19.2 Å². The van der Waals surface area contributed by atoms with Crippen LogP contribution in [0.1, 0.15) is 12.5 Å². The molecule has 2 N–H and O–H groups in total. The summed E-state index contributed by atoms with van der Waals surface area (Å²) in [7, 11) is 0. The molecule has 23 heavy (non-hydrogen) atoms. The highest BCUT2D eigenvalue weighted by Gasteiger charge is 2.13. The molecule has 122 valence electrons. The molecule has 5 heteroatoms. The third-order valence-corrected chi connectivity index (χ3v) is 3.29. The van der Waals surface area contributed by atoms with Gasteiger partial charge in [0.05, 0.1) is 13.2 Å². The largest absolute Gasteiger partial charge is 0.494 e. The van der Waals surface area contributed by atoms with Crippen LogP contribution in [0.5, 0.6) is 5.75 Å². The number of aliphatic hydroxyl groups is 1. The van der Waals surface area contributed by atoms with Crippen LogP contribution in [0.4, 0.5) is 10.5 Å². The predicted molar refractivity (Wildman–Crippen MR) is 90.6 cm³/mol. The highest BCUT2D eigenvalue weighted by Crippen LogP contribution is 2.16. The van der Waals surface area contributed by atoms with Gasteiger partial charge in [-0.05, 0) is 36.8 Å². The van der Waals surface area contributed by atoms with Crippen LogP contribution in [0.15, 0.2) is 54.6 Å². The Labute approximate surface area is 136 Å². The maximum absolute atomic E-state index is 12.4. The summed E-state index contributed by atoms with van der Waals surface area (Å²) in [5.74, 6) is 0.766. The summed E-state index contributed by atoms with van der Waals surface area (Å²) in [6.07, 6.45) is 0. The van der Waals surface area contributed by atoms with Gasteiger partial charge in [-0.3, -0.25) is 0 Å². The summed E-state index contributed by atoms with van der Waals surface area (Å²) in [5.41, 5.74) is 1.71. The Balaban J connectivity index is 1.99. The van der Waals surface area contributed by atoms with E-state index in [1.165, 1.54) is 0 Å². The number of hydrogen-bond acceptors (Lipinski definition) is 3. The molecule has 0 aromatic heterocycles. The summed E-state index contributed by atoms with van der Waals surface area (Å²) < 4.78 is 5.37. The number of hydrogen-bond donors (Lipinski definition) is 2. The lowest BCUT2D eigenvalue weighted by Gasteiger charge is -2.22. The van der Waals surface area contributed by atoms with Crippen LogP contribution >= 0.6 is 0 Å². The zero-order chi connectivity index (χ0) is 16.5. The Bertz CT molecular complexity index is 599. The number of aliphatic hydroxyl groups excluding tert-OH is 1. The van der Waals surface area contributed by atoms with E-state index in [0.717, 1.165) is 11.3 Å². The molecular weight excluding hydrogens is 292 g/mol. The van der Waals surface area contributed by atoms with Crippen LogP contribution in [0.3, 0.4) is 0 Å². The minimum absolute atomic E-state index is 0.0798. The second-order valence-electron chi connectivity index (χ2n) is 5.02. The van der Waals surface area contributed by atoms with Gasteiger partial charge in [-0.15, -0.1) is 0 Å². The van der Waals surface area contributed by atoms with E-state index in [1.54, 1.807) is 17.0 Å². The molecule has 0 atom stereocenters. The van der Waals surface area contributed by atoms with Crippen molar-refractivity contribution in [2.75, 3.05) is 25.1 Å². The normalized spacial score (nSPS) is 10.2. The summed E-state index contributed by atoms with van der Waals surface area (Å²) in [5, 5.41) is 12.0. The van der Waals surface area contributed by atoms with Crippen molar-refractivity contribution >= 4 is 11.7 Å². The van der Waals surface area contributed by atoms with E-state index in [1.807, 2.05) is 49.4 Å². The Morgan fingerprint density at radius 3 is 2.43 bits per heavy atom. The van der Waals surface area contributed by atoms with Gasteiger partial charge in [0.2, 0.25) is 0 Å². The van der Waals surface area contributed by atoms with Crippen LogP contribution in [-0.2, 0) is 6.54 Å². The third kappa shape index (κ3) is 5.30. The fourth-order valence-corrected chi connectivity index (χ4v) is 2.18. The quantitative estimate of drug-likeness (QED) is 0.825. The number of amides is 2. The van der Waals surface area contributed by atoms with Gasteiger partial charge in [0.25, 0.3) is 0 Å². The minimum Gasteiger partial charge on any atom is -0.494 e. The molecule has 2 rings (SSSR count). The number of nitrogens with one attached hydrogen (secondary N) is 1. The first-order chi connectivity index (χ1) is 11.2. The lowest BCUT2D eigenvalue weighted by molar-refractivity contribution is 0.185. The molecule has 0 radical (unpaired) electrons. The maximum atomic E-state index is 12.4. The molecule has 2 amide bonds. The van der Waals surface area contributed by atoms with Crippen molar-refractivity contribution in [3.05, 3.63) is 60.2 Å². The van der Waals surface area contributed by atoms with Gasteiger partial charge in [0, 0.05) is 18.8 Å². The van der Waals surface area contributed by atoms with Gasteiger partial charge in [0.1, 0.15) is 5.75 Å². The molecule has 0 heterocycles. The lowest BCUT2D eigenvalue weighted by Crippen LogP contribution is -2.36. The summed E-state index contributed by atoms with van der Waals surface area (Å²) in [6.45, 7) is 3.17. The fraction of sp³-hybridized carbons (Fsp3) is 0.278. The number of anilines is 1. The molecule has 2 aromatic rings. The molecule has 0 spiro atoms. The molecule has 0 aliphatic carbocycles. The van der Waals surface area contributed by atoms with E-state index in [4.69, 9.17) is 4.74 Å². The highest BCUT2D eigenvalue weighted by atomic mass is 16.5. The van der Waals surface area contributed by atoms with Crippen molar-refractivity contribution in [3.63, 3.8) is 0 Å². The third-order valence-electron chi connectivity index (χ3n) is 3.29. The Morgan fingerprint density at radius 2 is 1.83 bits per heavy atom. The molecule has 0 aliphatic heterocycles. The molecule has 0 saturated carbocycles. The topological polar surface area (TPSA) is 61.8 Å². The Kier molecular flexibility index (Phi) is 6.44. The molecule has 2 aromatic carbocycles. The van der Waals surface area contributed by atoms with Gasteiger partial charge in [-0.25, -0.2) is 4.79 Å². The summed E-state index contributed by atoms with van der Waals surface area (Å²) in [4.78, 5) is 14.0. The first-order valence-corrected chi connectivity index (χ1v) is 7.66. The van der Waals surface area contributed by atoms with E-state index < -0.39 is 0 Å². The molecule has 0 unspecified atom stereocenters. The fourth-order valence-electron chi connectivity index (χ4n) is 2.18. The number of urea groups is 1. The maximum Gasteiger partial charge on any atom is 0.322 e. The number of rotatable bonds is 7. The van der Waals surface area contributed by atoms with E-state index in [9.17, 15) is 9.90 Å². The van der Waals surface area contributed by atoms with E-state index in [2.05, 4.69) is 5.32 Å². The molecule has 0 fully saturated rings. The number of carbonyl (C=O) groups is 1. The molecule has 5 nitrogen and oxygen atoms in total. The Hall–Kier alpha value is -2.53. The van der Waals surface area contributed by atoms with Crippen molar-refractivity contribution < 1.29 is 14.6 Å². The number of ether oxygens (including phenoxy) is 1. The van der Waals surface area contributed by atoms with Crippen LogP contribution in [0, 0.1) is 0 Å². The van der Waals surface area contributed by atoms with Crippen LogP contribution in [-0.4, -0.2) is 35.8 Å². The van der Waals surface area contributed by atoms with Crippen LogP contribution in [0.2, 0.25) is 0 Å². The smallest absolute Gasteiger partial charge is 0.322 e. The Morgan fingerprint density at radius 1 is 1.13 bits per heavy atom. The molecule has 0 aliphatic rings. The predicted octanol–water partition coefficient (Wildman–Crippen LogP) is 3.11. The second kappa shape index (κ2) is 8.80. The van der Waals surface area contributed by atoms with Crippen molar-refractivity contribution in [2.45, 2.75) is 13.5 Å². The van der Waals surface area contributed by atoms with Crippen molar-refractivity contribution in [1.29, 1.82) is 0 Å². The number of carbonyl (C=O) groups excluding carboxylic acids is 1. The first kappa shape index (κ1) is 16.8. The first-order valence-electron chi connectivity index (χ1n) is 7.66.